The third-order valence-electron chi connectivity index (χ3n) is 3.51. The van der Waals surface area contributed by atoms with Crippen LogP contribution in [-0.4, -0.2) is 26.2 Å². The predicted octanol–water partition coefficient (Wildman–Crippen LogP) is 2.61. The Morgan fingerprint density at radius 1 is 1.21 bits per heavy atom. The molecular formula is C19H20N2O3. The van der Waals surface area contributed by atoms with Crippen molar-refractivity contribution in [3.05, 3.63) is 59.2 Å². The molecule has 0 aliphatic rings. The van der Waals surface area contributed by atoms with E-state index in [0.717, 1.165) is 16.9 Å². The average molecular weight is 324 g/mol. The van der Waals surface area contributed by atoms with Gasteiger partial charge in [-0.1, -0.05) is 17.7 Å². The second-order valence-electron chi connectivity index (χ2n) is 5.34. The summed E-state index contributed by atoms with van der Waals surface area (Å²) in [6.45, 7) is 2.47. The molecule has 0 saturated carbocycles. The summed E-state index contributed by atoms with van der Waals surface area (Å²) in [6.07, 6.45) is 0.688. The van der Waals surface area contributed by atoms with Crippen molar-refractivity contribution in [3.8, 4) is 17.6 Å². The molecule has 0 aliphatic carbocycles. The van der Waals surface area contributed by atoms with Crippen molar-refractivity contribution in [3.63, 3.8) is 0 Å². The number of nitrogens with one attached hydrogen (secondary N) is 1. The first-order valence-corrected chi connectivity index (χ1v) is 7.65. The van der Waals surface area contributed by atoms with Crippen LogP contribution in [0.2, 0.25) is 0 Å². The summed E-state index contributed by atoms with van der Waals surface area (Å²) in [6, 6.07) is 14.6. The Bertz CT molecular complexity index is 733. The molecule has 0 spiro atoms. The van der Waals surface area contributed by atoms with Crippen LogP contribution in [0.5, 0.6) is 11.5 Å². The first-order chi connectivity index (χ1) is 11.6. The summed E-state index contributed by atoms with van der Waals surface area (Å²) in [5.74, 6) is 1.19. The number of hydrogen-bond acceptors (Lipinski definition) is 4. The molecule has 24 heavy (non-hydrogen) atoms. The predicted molar refractivity (Wildman–Crippen MR) is 91.1 cm³/mol. The van der Waals surface area contributed by atoms with Crippen LogP contribution in [-0.2, 0) is 11.2 Å². The molecule has 0 radical (unpaired) electrons. The molecule has 2 aromatic carbocycles. The number of methoxy groups -OCH3 is 1. The van der Waals surface area contributed by atoms with Crippen molar-refractivity contribution in [2.75, 3.05) is 20.3 Å². The van der Waals surface area contributed by atoms with Gasteiger partial charge in [-0.2, -0.15) is 5.26 Å². The molecule has 0 aliphatic heterocycles. The van der Waals surface area contributed by atoms with Crippen molar-refractivity contribution >= 4 is 5.91 Å². The number of ether oxygens (including phenoxy) is 2. The van der Waals surface area contributed by atoms with Crippen molar-refractivity contribution in [1.29, 1.82) is 5.26 Å². The molecule has 0 bridgehead atoms. The van der Waals surface area contributed by atoms with E-state index < -0.39 is 0 Å². The number of benzene rings is 2. The lowest BCUT2D eigenvalue weighted by Crippen LogP contribution is -2.30. The maximum absolute atomic E-state index is 11.8. The van der Waals surface area contributed by atoms with Crippen molar-refractivity contribution < 1.29 is 14.3 Å². The van der Waals surface area contributed by atoms with E-state index in [0.29, 0.717) is 24.3 Å². The first kappa shape index (κ1) is 17.4. The van der Waals surface area contributed by atoms with Crippen LogP contribution in [0.3, 0.4) is 0 Å². The molecule has 5 nitrogen and oxygen atoms in total. The Balaban J connectivity index is 1.77. The van der Waals surface area contributed by atoms with Crippen LogP contribution in [0.4, 0.5) is 0 Å². The van der Waals surface area contributed by atoms with E-state index in [1.807, 2.05) is 25.1 Å². The van der Waals surface area contributed by atoms with Gasteiger partial charge in [-0.3, -0.25) is 4.79 Å². The summed E-state index contributed by atoms with van der Waals surface area (Å²) >= 11 is 0. The summed E-state index contributed by atoms with van der Waals surface area (Å²) < 4.78 is 10.7. The summed E-state index contributed by atoms with van der Waals surface area (Å²) in [5, 5.41) is 11.6. The number of nitriles is 1. The van der Waals surface area contributed by atoms with Gasteiger partial charge in [0.25, 0.3) is 5.91 Å². The molecule has 0 saturated heterocycles. The molecule has 0 heterocycles. The summed E-state index contributed by atoms with van der Waals surface area (Å²) in [7, 11) is 1.64. The van der Waals surface area contributed by atoms with Gasteiger partial charge in [0.1, 0.15) is 11.5 Å². The van der Waals surface area contributed by atoms with Gasteiger partial charge in [-0.15, -0.1) is 0 Å². The Kier molecular flexibility index (Phi) is 6.21. The lowest BCUT2D eigenvalue weighted by atomic mass is 10.1. The van der Waals surface area contributed by atoms with E-state index >= 15 is 0 Å². The third kappa shape index (κ3) is 5.03. The van der Waals surface area contributed by atoms with Gasteiger partial charge in [0.15, 0.2) is 6.61 Å². The van der Waals surface area contributed by atoms with Gasteiger partial charge in [-0.25, -0.2) is 0 Å². The van der Waals surface area contributed by atoms with Gasteiger partial charge in [0.2, 0.25) is 0 Å². The molecule has 124 valence electrons. The van der Waals surface area contributed by atoms with Crippen molar-refractivity contribution in [1.82, 2.24) is 5.32 Å². The van der Waals surface area contributed by atoms with Crippen LogP contribution < -0.4 is 14.8 Å². The second-order valence-corrected chi connectivity index (χ2v) is 5.34. The SMILES string of the molecule is COc1ccc(C)cc1CCNC(=O)COc1ccc(C#N)cc1. The summed E-state index contributed by atoms with van der Waals surface area (Å²) in [5.41, 5.74) is 2.77. The van der Waals surface area contributed by atoms with E-state index in [9.17, 15) is 4.79 Å². The highest BCUT2D eigenvalue weighted by atomic mass is 16.5. The molecule has 0 aromatic heterocycles. The molecule has 0 unspecified atom stereocenters. The zero-order chi connectivity index (χ0) is 17.4. The highest BCUT2D eigenvalue weighted by Crippen LogP contribution is 2.19. The number of nitrogens with zero attached hydrogens (tertiary/aromatic N) is 1. The number of amides is 1. The third-order valence-corrected chi connectivity index (χ3v) is 3.51. The number of hydrogen-bond donors (Lipinski definition) is 1. The molecule has 2 rings (SSSR count). The highest BCUT2D eigenvalue weighted by molar-refractivity contribution is 5.77. The van der Waals surface area contributed by atoms with Gasteiger partial charge in [0.05, 0.1) is 18.7 Å². The molecule has 0 atom stereocenters. The minimum absolute atomic E-state index is 0.0587. The average Bonchev–Trinajstić information content (AvgIpc) is 2.60. The molecular weight excluding hydrogens is 304 g/mol. The minimum atomic E-state index is -0.189. The van der Waals surface area contributed by atoms with Crippen LogP contribution in [0.1, 0.15) is 16.7 Å². The van der Waals surface area contributed by atoms with Gasteiger partial charge >= 0.3 is 0 Å². The van der Waals surface area contributed by atoms with E-state index in [1.165, 1.54) is 0 Å². The van der Waals surface area contributed by atoms with Crippen LogP contribution >= 0.6 is 0 Å². The van der Waals surface area contributed by atoms with E-state index in [-0.39, 0.29) is 12.5 Å². The van der Waals surface area contributed by atoms with Gasteiger partial charge < -0.3 is 14.8 Å². The van der Waals surface area contributed by atoms with Crippen LogP contribution in [0.25, 0.3) is 0 Å². The van der Waals surface area contributed by atoms with E-state index in [2.05, 4.69) is 11.4 Å². The van der Waals surface area contributed by atoms with E-state index in [4.69, 9.17) is 14.7 Å². The zero-order valence-corrected chi connectivity index (χ0v) is 13.8. The second kappa shape index (κ2) is 8.59. The normalized spacial score (nSPS) is 9.88. The Morgan fingerprint density at radius 2 is 1.96 bits per heavy atom. The fourth-order valence-corrected chi connectivity index (χ4v) is 2.26. The quantitative estimate of drug-likeness (QED) is 0.850. The van der Waals surface area contributed by atoms with Crippen LogP contribution in [0, 0.1) is 18.3 Å². The van der Waals surface area contributed by atoms with Crippen molar-refractivity contribution in [2.24, 2.45) is 0 Å². The summed E-state index contributed by atoms with van der Waals surface area (Å²) in [4.78, 5) is 11.8. The Morgan fingerprint density at radius 3 is 2.62 bits per heavy atom. The monoisotopic (exact) mass is 324 g/mol. The first-order valence-electron chi connectivity index (χ1n) is 7.65. The maximum Gasteiger partial charge on any atom is 0.257 e. The molecule has 1 N–H and O–H groups in total. The molecule has 5 heteroatoms. The number of rotatable bonds is 7. The number of aryl methyl sites for hydroxylation is 1. The smallest absolute Gasteiger partial charge is 0.257 e. The largest absolute Gasteiger partial charge is 0.496 e. The van der Waals surface area contributed by atoms with Crippen LogP contribution in [0.15, 0.2) is 42.5 Å². The molecule has 2 aromatic rings. The minimum Gasteiger partial charge on any atom is -0.496 e. The zero-order valence-electron chi connectivity index (χ0n) is 13.8. The molecule has 1 amide bonds. The standard InChI is InChI=1S/C19H20N2O3/c1-14-3-8-18(23-2)16(11-14)9-10-21-19(22)13-24-17-6-4-15(12-20)5-7-17/h3-8,11H,9-10,13H2,1-2H3,(H,21,22). The number of carbonyl (C=O) groups excluding carboxylic acids is 1. The van der Waals surface area contributed by atoms with E-state index in [1.54, 1.807) is 31.4 Å². The maximum atomic E-state index is 11.8. The Labute approximate surface area is 141 Å². The Hall–Kier alpha value is -3.00. The van der Waals surface area contributed by atoms with Crippen molar-refractivity contribution in [2.45, 2.75) is 13.3 Å². The fraction of sp³-hybridized carbons (Fsp3) is 0.263. The lowest BCUT2D eigenvalue weighted by molar-refractivity contribution is -0.123. The molecule has 0 fully saturated rings. The number of carbonyl (C=O) groups is 1. The lowest BCUT2D eigenvalue weighted by Gasteiger charge is -2.11. The highest BCUT2D eigenvalue weighted by Gasteiger charge is 2.06. The topological polar surface area (TPSA) is 71.3 Å². The van der Waals surface area contributed by atoms with Gasteiger partial charge in [-0.05, 0) is 49.2 Å². The fourth-order valence-electron chi connectivity index (χ4n) is 2.26. The van der Waals surface area contributed by atoms with Gasteiger partial charge in [0, 0.05) is 6.54 Å².